The van der Waals surface area contributed by atoms with Gasteiger partial charge in [0.2, 0.25) is 0 Å². The van der Waals surface area contributed by atoms with E-state index in [1.165, 1.54) is 13.3 Å². The molecule has 98 valence electrons. The summed E-state index contributed by atoms with van der Waals surface area (Å²) in [6, 6.07) is 1.54. The van der Waals surface area contributed by atoms with Gasteiger partial charge in [-0.2, -0.15) is 5.10 Å². The summed E-state index contributed by atoms with van der Waals surface area (Å²) in [5.41, 5.74) is -0.695. The van der Waals surface area contributed by atoms with Gasteiger partial charge in [-0.25, -0.2) is 4.79 Å². The smallest absolute Gasteiger partial charge is 0.331 e. The molecule has 7 heteroatoms. The molecular weight excluding hydrogens is 238 g/mol. The predicted molar refractivity (Wildman–Crippen MR) is 60.9 cm³/mol. The first-order valence-corrected chi connectivity index (χ1v) is 5.66. The number of ether oxygens (including phenoxy) is 2. The lowest BCUT2D eigenvalue weighted by Gasteiger charge is -2.34. The highest BCUT2D eigenvalue weighted by Crippen LogP contribution is 2.22. The minimum atomic E-state index is -1.00. The number of rotatable bonds is 3. The molecular formula is C11H15N3O4. The van der Waals surface area contributed by atoms with Crippen LogP contribution in [0.4, 0.5) is 0 Å². The quantitative estimate of drug-likeness (QED) is 0.731. The van der Waals surface area contributed by atoms with Gasteiger partial charge < -0.3 is 14.8 Å². The van der Waals surface area contributed by atoms with Crippen molar-refractivity contribution in [3.05, 3.63) is 18.0 Å². The van der Waals surface area contributed by atoms with Crippen molar-refractivity contribution in [3.63, 3.8) is 0 Å². The molecule has 1 aliphatic rings. The van der Waals surface area contributed by atoms with E-state index in [9.17, 15) is 9.59 Å². The summed E-state index contributed by atoms with van der Waals surface area (Å²) < 4.78 is 9.99. The third-order valence-electron chi connectivity index (χ3n) is 3.02. The number of hydrogen-bond acceptors (Lipinski definition) is 5. The fourth-order valence-corrected chi connectivity index (χ4v) is 1.96. The number of carbonyl (C=O) groups is 2. The molecule has 0 aliphatic carbocycles. The lowest BCUT2D eigenvalue weighted by atomic mass is 9.90. The van der Waals surface area contributed by atoms with Crippen molar-refractivity contribution in [1.82, 2.24) is 15.5 Å². The topological polar surface area (TPSA) is 93.3 Å². The van der Waals surface area contributed by atoms with Crippen LogP contribution in [0.3, 0.4) is 0 Å². The second-order valence-corrected chi connectivity index (χ2v) is 4.11. The molecule has 0 radical (unpaired) electrons. The van der Waals surface area contributed by atoms with Gasteiger partial charge in [-0.3, -0.25) is 9.89 Å². The summed E-state index contributed by atoms with van der Waals surface area (Å²) in [5.74, 6) is -0.821. The van der Waals surface area contributed by atoms with Crippen LogP contribution < -0.4 is 5.32 Å². The van der Waals surface area contributed by atoms with Gasteiger partial charge >= 0.3 is 5.97 Å². The first kappa shape index (κ1) is 12.6. The van der Waals surface area contributed by atoms with Crippen LogP contribution >= 0.6 is 0 Å². The third-order valence-corrected chi connectivity index (χ3v) is 3.02. The fourth-order valence-electron chi connectivity index (χ4n) is 1.96. The summed E-state index contributed by atoms with van der Waals surface area (Å²) >= 11 is 0. The molecule has 1 fully saturated rings. The van der Waals surface area contributed by atoms with E-state index in [0.29, 0.717) is 31.7 Å². The highest BCUT2D eigenvalue weighted by molar-refractivity contribution is 5.96. The Kier molecular flexibility index (Phi) is 3.61. The minimum Gasteiger partial charge on any atom is -0.467 e. The van der Waals surface area contributed by atoms with E-state index in [-0.39, 0.29) is 5.91 Å². The molecule has 0 saturated carbocycles. The van der Waals surface area contributed by atoms with Crippen molar-refractivity contribution in [1.29, 1.82) is 0 Å². The van der Waals surface area contributed by atoms with E-state index in [1.54, 1.807) is 6.07 Å². The van der Waals surface area contributed by atoms with Gasteiger partial charge in [0, 0.05) is 32.3 Å². The molecule has 2 heterocycles. The molecule has 7 nitrogen and oxygen atoms in total. The molecule has 1 amide bonds. The number of nitrogens with one attached hydrogen (secondary N) is 2. The van der Waals surface area contributed by atoms with Crippen molar-refractivity contribution in [2.75, 3.05) is 20.3 Å². The second-order valence-electron chi connectivity index (χ2n) is 4.11. The number of esters is 1. The van der Waals surface area contributed by atoms with Gasteiger partial charge in [-0.05, 0) is 6.07 Å². The summed E-state index contributed by atoms with van der Waals surface area (Å²) in [6.45, 7) is 0.830. The minimum absolute atomic E-state index is 0.310. The monoisotopic (exact) mass is 253 g/mol. The van der Waals surface area contributed by atoms with E-state index in [0.717, 1.165) is 0 Å². The lowest BCUT2D eigenvalue weighted by Crippen LogP contribution is -2.58. The Morgan fingerprint density at radius 3 is 2.78 bits per heavy atom. The van der Waals surface area contributed by atoms with Crippen molar-refractivity contribution >= 4 is 11.9 Å². The zero-order valence-corrected chi connectivity index (χ0v) is 10.1. The summed E-state index contributed by atoms with van der Waals surface area (Å²) in [7, 11) is 1.31. The molecule has 1 aliphatic heterocycles. The first-order valence-electron chi connectivity index (χ1n) is 5.66. The number of carbonyl (C=O) groups excluding carboxylic acids is 2. The standard InChI is InChI=1S/C11H15N3O4/c1-17-10(16)11(3-6-18-7-4-11)13-9(15)8-2-5-12-14-8/h2,5H,3-4,6-7H2,1H3,(H,12,14)(H,13,15). The van der Waals surface area contributed by atoms with Crippen molar-refractivity contribution in [2.24, 2.45) is 0 Å². The Labute approximate surface area is 104 Å². The van der Waals surface area contributed by atoms with E-state index in [1.807, 2.05) is 0 Å². The molecule has 0 spiro atoms. The molecule has 1 saturated heterocycles. The Morgan fingerprint density at radius 1 is 1.50 bits per heavy atom. The molecule has 0 unspecified atom stereocenters. The Hall–Kier alpha value is -1.89. The lowest BCUT2D eigenvalue weighted by molar-refractivity contribution is -0.152. The second kappa shape index (κ2) is 5.18. The number of methoxy groups -OCH3 is 1. The van der Waals surface area contributed by atoms with Gasteiger partial charge in [0.1, 0.15) is 11.2 Å². The summed E-state index contributed by atoms with van der Waals surface area (Å²) in [6.07, 6.45) is 2.28. The maximum Gasteiger partial charge on any atom is 0.331 e. The number of amides is 1. The molecule has 18 heavy (non-hydrogen) atoms. The highest BCUT2D eigenvalue weighted by atomic mass is 16.5. The number of aromatic amines is 1. The Bertz CT molecular complexity index is 424. The van der Waals surface area contributed by atoms with E-state index in [2.05, 4.69) is 15.5 Å². The molecule has 1 aromatic heterocycles. The van der Waals surface area contributed by atoms with Crippen molar-refractivity contribution in [2.45, 2.75) is 18.4 Å². The highest BCUT2D eigenvalue weighted by Gasteiger charge is 2.42. The van der Waals surface area contributed by atoms with Crippen molar-refractivity contribution in [3.8, 4) is 0 Å². The molecule has 2 rings (SSSR count). The normalized spacial score (nSPS) is 18.1. The summed E-state index contributed by atoms with van der Waals surface area (Å²) in [4.78, 5) is 23.8. The van der Waals surface area contributed by atoms with E-state index >= 15 is 0 Å². The number of H-pyrrole nitrogens is 1. The third kappa shape index (κ3) is 2.35. The average Bonchev–Trinajstić information content (AvgIpc) is 2.93. The zero-order chi connectivity index (χ0) is 13.0. The van der Waals surface area contributed by atoms with Crippen LogP contribution in [0.2, 0.25) is 0 Å². The van der Waals surface area contributed by atoms with Gasteiger partial charge in [-0.15, -0.1) is 0 Å². The predicted octanol–water partition coefficient (Wildman–Crippen LogP) is -0.138. The molecule has 2 N–H and O–H groups in total. The molecule has 0 atom stereocenters. The molecule has 0 bridgehead atoms. The maximum atomic E-state index is 12.0. The van der Waals surface area contributed by atoms with Gasteiger partial charge in [0.05, 0.1) is 7.11 Å². The van der Waals surface area contributed by atoms with Crippen LogP contribution in [-0.4, -0.2) is 47.9 Å². The van der Waals surface area contributed by atoms with Crippen LogP contribution in [0.15, 0.2) is 12.3 Å². The van der Waals surface area contributed by atoms with E-state index in [4.69, 9.17) is 9.47 Å². The Morgan fingerprint density at radius 2 is 2.22 bits per heavy atom. The van der Waals surface area contributed by atoms with Crippen LogP contribution in [0.1, 0.15) is 23.3 Å². The fraction of sp³-hybridized carbons (Fsp3) is 0.545. The van der Waals surface area contributed by atoms with Crippen LogP contribution in [0.5, 0.6) is 0 Å². The number of hydrogen-bond donors (Lipinski definition) is 2. The van der Waals surface area contributed by atoms with Crippen LogP contribution in [0, 0.1) is 0 Å². The van der Waals surface area contributed by atoms with Gasteiger partial charge in [0.15, 0.2) is 0 Å². The van der Waals surface area contributed by atoms with Crippen molar-refractivity contribution < 1.29 is 19.1 Å². The van der Waals surface area contributed by atoms with Crippen LogP contribution in [0.25, 0.3) is 0 Å². The molecule has 1 aromatic rings. The number of aromatic nitrogens is 2. The zero-order valence-electron chi connectivity index (χ0n) is 10.1. The SMILES string of the molecule is COC(=O)C1(NC(=O)c2ccn[nH]2)CCOCC1. The van der Waals surface area contributed by atoms with E-state index < -0.39 is 11.5 Å². The molecule has 0 aromatic carbocycles. The summed E-state index contributed by atoms with van der Waals surface area (Å²) in [5, 5.41) is 8.97. The largest absolute Gasteiger partial charge is 0.467 e. The Balaban J connectivity index is 2.15. The number of nitrogens with zero attached hydrogens (tertiary/aromatic N) is 1. The first-order chi connectivity index (χ1) is 8.68. The maximum absolute atomic E-state index is 12.0. The van der Waals surface area contributed by atoms with Crippen LogP contribution in [-0.2, 0) is 14.3 Å². The van der Waals surface area contributed by atoms with Gasteiger partial charge in [-0.1, -0.05) is 0 Å². The average molecular weight is 253 g/mol. The van der Waals surface area contributed by atoms with Gasteiger partial charge in [0.25, 0.3) is 5.91 Å².